The third-order valence-corrected chi connectivity index (χ3v) is 2.32. The zero-order chi connectivity index (χ0) is 9.68. The number of hydrogen-bond acceptors (Lipinski definition) is 0. The monoisotopic (exact) mass is 174 g/mol. The van der Waals surface area contributed by atoms with Gasteiger partial charge in [-0.3, -0.25) is 0 Å². The maximum absolute atomic E-state index is 2.29. The molecule has 1 rings (SSSR count). The zero-order valence-corrected chi connectivity index (χ0v) is 8.80. The van der Waals surface area contributed by atoms with Crippen LogP contribution >= 0.6 is 0 Å². The lowest BCUT2D eigenvalue weighted by Crippen LogP contribution is -1.91. The van der Waals surface area contributed by atoms with Gasteiger partial charge in [-0.2, -0.15) is 0 Å². The van der Waals surface area contributed by atoms with E-state index in [1.54, 1.807) is 0 Å². The van der Waals surface area contributed by atoms with Crippen molar-refractivity contribution in [3.63, 3.8) is 0 Å². The Morgan fingerprint density at radius 1 is 1.23 bits per heavy atom. The smallest absolute Gasteiger partial charge is 0.00947 e. The van der Waals surface area contributed by atoms with Crippen LogP contribution in [-0.2, 0) is 12.8 Å². The molecule has 13 heavy (non-hydrogen) atoms. The van der Waals surface area contributed by atoms with Crippen molar-refractivity contribution >= 4 is 0 Å². The van der Waals surface area contributed by atoms with E-state index in [1.807, 2.05) is 0 Å². The fourth-order valence-corrected chi connectivity index (χ4v) is 1.53. The summed E-state index contributed by atoms with van der Waals surface area (Å²) in [6.45, 7) is 6.43. The molecule has 1 aromatic rings. The van der Waals surface area contributed by atoms with Gasteiger partial charge in [-0.15, -0.1) is 0 Å². The molecule has 0 amide bonds. The van der Waals surface area contributed by atoms with E-state index in [9.17, 15) is 0 Å². The maximum atomic E-state index is 2.29. The van der Waals surface area contributed by atoms with Crippen molar-refractivity contribution in [1.29, 1.82) is 0 Å². The predicted octanol–water partition coefficient (Wildman–Crippen LogP) is 3.68. The van der Waals surface area contributed by atoms with E-state index in [0.717, 1.165) is 12.8 Å². The summed E-state index contributed by atoms with van der Waals surface area (Å²) in [5.41, 5.74) is 4.31. The second kappa shape index (κ2) is 4.86. The van der Waals surface area contributed by atoms with Gasteiger partial charge < -0.3 is 0 Å². The van der Waals surface area contributed by atoms with Gasteiger partial charge in [0.05, 0.1) is 0 Å². The fraction of sp³-hybridized carbons (Fsp3) is 0.385. The highest BCUT2D eigenvalue weighted by Crippen LogP contribution is 2.13. The van der Waals surface area contributed by atoms with Gasteiger partial charge >= 0.3 is 0 Å². The first-order chi connectivity index (χ1) is 6.27. The van der Waals surface area contributed by atoms with Gasteiger partial charge in [0.15, 0.2) is 0 Å². The van der Waals surface area contributed by atoms with Gasteiger partial charge in [0.25, 0.3) is 0 Å². The van der Waals surface area contributed by atoms with Crippen molar-refractivity contribution in [3.8, 4) is 0 Å². The summed E-state index contributed by atoms with van der Waals surface area (Å²) in [7, 11) is 0. The molecule has 0 aromatic heterocycles. The predicted molar refractivity (Wildman–Crippen MR) is 59.1 cm³/mol. The highest BCUT2D eigenvalue weighted by molar-refractivity contribution is 5.32. The van der Waals surface area contributed by atoms with E-state index in [2.05, 4.69) is 51.1 Å². The van der Waals surface area contributed by atoms with Crippen LogP contribution in [0.3, 0.4) is 0 Å². The van der Waals surface area contributed by atoms with Crippen LogP contribution in [0.25, 0.3) is 0 Å². The molecule has 0 unspecified atom stereocenters. The van der Waals surface area contributed by atoms with Gasteiger partial charge in [0.2, 0.25) is 0 Å². The van der Waals surface area contributed by atoms with E-state index in [-0.39, 0.29) is 0 Å². The molecule has 0 saturated heterocycles. The van der Waals surface area contributed by atoms with E-state index in [0.29, 0.717) is 0 Å². The van der Waals surface area contributed by atoms with Gasteiger partial charge in [-0.1, -0.05) is 42.8 Å². The fourth-order valence-electron chi connectivity index (χ4n) is 1.53. The van der Waals surface area contributed by atoms with E-state index >= 15 is 0 Å². The van der Waals surface area contributed by atoms with E-state index < -0.39 is 0 Å². The molecule has 0 radical (unpaired) electrons. The largest absolute Gasteiger partial charge is 0.0913 e. The van der Waals surface area contributed by atoms with Crippen LogP contribution in [0.4, 0.5) is 0 Å². The average Bonchev–Trinajstić information content (AvgIpc) is 2.15. The number of rotatable bonds is 3. The van der Waals surface area contributed by atoms with Crippen molar-refractivity contribution in [2.45, 2.75) is 33.6 Å². The average molecular weight is 174 g/mol. The molecule has 0 fully saturated rings. The van der Waals surface area contributed by atoms with E-state index in [4.69, 9.17) is 0 Å². The summed E-state index contributed by atoms with van der Waals surface area (Å²) in [6, 6.07) is 6.73. The molecule has 0 aliphatic heterocycles. The highest BCUT2D eigenvalue weighted by Gasteiger charge is 1.98. The summed E-state index contributed by atoms with van der Waals surface area (Å²) < 4.78 is 0. The van der Waals surface area contributed by atoms with Crippen molar-refractivity contribution in [3.05, 3.63) is 47.0 Å². The molecule has 0 aliphatic carbocycles. The second-order valence-electron chi connectivity index (χ2n) is 3.40. The Hall–Kier alpha value is -1.04. The molecule has 0 atom stereocenters. The molecule has 0 saturated carbocycles. The Labute approximate surface area is 81.3 Å². The number of aryl methyl sites for hydroxylation is 2. The van der Waals surface area contributed by atoms with Crippen LogP contribution in [-0.4, -0.2) is 0 Å². The van der Waals surface area contributed by atoms with Crippen LogP contribution in [0.5, 0.6) is 0 Å². The standard InChI is InChI=1S/C13H18/c1-4-6-7-13-10-11(3)8-9-12(13)5-2/h4,6,8-10H,5,7H2,1-3H3/b6-4+. The Balaban J connectivity index is 2.94. The van der Waals surface area contributed by atoms with Gasteiger partial charge in [-0.05, 0) is 37.8 Å². The molecule has 0 nitrogen and oxygen atoms in total. The number of benzene rings is 1. The maximum Gasteiger partial charge on any atom is -0.00947 e. The summed E-state index contributed by atoms with van der Waals surface area (Å²) in [6.07, 6.45) is 6.53. The van der Waals surface area contributed by atoms with Crippen LogP contribution in [0.2, 0.25) is 0 Å². The minimum atomic E-state index is 1.07. The van der Waals surface area contributed by atoms with Crippen LogP contribution in [0.1, 0.15) is 30.5 Å². The van der Waals surface area contributed by atoms with Crippen molar-refractivity contribution in [2.75, 3.05) is 0 Å². The van der Waals surface area contributed by atoms with Gasteiger partial charge in [0, 0.05) is 0 Å². The summed E-state index contributed by atoms with van der Waals surface area (Å²) >= 11 is 0. The normalized spacial score (nSPS) is 11.0. The van der Waals surface area contributed by atoms with Crippen molar-refractivity contribution in [1.82, 2.24) is 0 Å². The van der Waals surface area contributed by atoms with Crippen LogP contribution < -0.4 is 0 Å². The van der Waals surface area contributed by atoms with Gasteiger partial charge in [-0.25, -0.2) is 0 Å². The quantitative estimate of drug-likeness (QED) is 0.613. The third kappa shape index (κ3) is 2.73. The molecule has 0 N–H and O–H groups in total. The Morgan fingerprint density at radius 3 is 2.62 bits per heavy atom. The summed E-state index contributed by atoms with van der Waals surface area (Å²) in [4.78, 5) is 0. The zero-order valence-electron chi connectivity index (χ0n) is 8.80. The van der Waals surface area contributed by atoms with Crippen LogP contribution in [0.15, 0.2) is 30.4 Å². The van der Waals surface area contributed by atoms with Crippen molar-refractivity contribution in [2.24, 2.45) is 0 Å². The second-order valence-corrected chi connectivity index (χ2v) is 3.40. The molecule has 70 valence electrons. The first kappa shape index (κ1) is 10.0. The minimum absolute atomic E-state index is 1.07. The molecule has 0 aliphatic rings. The molecule has 0 bridgehead atoms. The van der Waals surface area contributed by atoms with Crippen molar-refractivity contribution < 1.29 is 0 Å². The highest BCUT2D eigenvalue weighted by atomic mass is 14.0. The lowest BCUT2D eigenvalue weighted by Gasteiger charge is -2.06. The molecular weight excluding hydrogens is 156 g/mol. The van der Waals surface area contributed by atoms with Crippen LogP contribution in [0, 0.1) is 6.92 Å². The van der Waals surface area contributed by atoms with E-state index in [1.165, 1.54) is 16.7 Å². The molecular formula is C13H18. The molecule has 0 heterocycles. The molecule has 1 aromatic carbocycles. The summed E-state index contributed by atoms with van der Waals surface area (Å²) in [5, 5.41) is 0. The minimum Gasteiger partial charge on any atom is -0.0913 e. The first-order valence-corrected chi connectivity index (χ1v) is 4.97. The first-order valence-electron chi connectivity index (χ1n) is 4.97. The number of hydrogen-bond donors (Lipinski definition) is 0. The summed E-state index contributed by atoms with van der Waals surface area (Å²) in [5.74, 6) is 0. The van der Waals surface area contributed by atoms with Gasteiger partial charge in [0.1, 0.15) is 0 Å². The number of allylic oxidation sites excluding steroid dienone is 2. The lowest BCUT2D eigenvalue weighted by atomic mass is 10.00. The SMILES string of the molecule is C/C=C/Cc1cc(C)ccc1CC. The lowest BCUT2D eigenvalue weighted by molar-refractivity contribution is 1.07. The topological polar surface area (TPSA) is 0 Å². The Morgan fingerprint density at radius 2 is 2.00 bits per heavy atom. The molecule has 0 spiro atoms. The Kier molecular flexibility index (Phi) is 3.75. The third-order valence-electron chi connectivity index (χ3n) is 2.32. The Bertz CT molecular complexity index is 295. The molecule has 0 heteroatoms.